The van der Waals surface area contributed by atoms with Gasteiger partial charge in [0.25, 0.3) is 0 Å². The molecule has 0 aromatic heterocycles. The molecule has 0 aliphatic heterocycles. The van der Waals surface area contributed by atoms with E-state index in [1.807, 2.05) is 37.3 Å². The highest BCUT2D eigenvalue weighted by atomic mass is 16.5. The number of carbonyl (C=O) groups excluding carboxylic acids is 2. The molecule has 25 heavy (non-hydrogen) atoms. The fraction of sp³-hybridized carbons (Fsp3) is 0.333. The van der Waals surface area contributed by atoms with Crippen LogP contribution in [0.1, 0.15) is 39.5 Å². The van der Waals surface area contributed by atoms with Gasteiger partial charge in [-0.1, -0.05) is 50.1 Å². The predicted molar refractivity (Wildman–Crippen MR) is 98.4 cm³/mol. The van der Waals surface area contributed by atoms with Crippen molar-refractivity contribution in [1.29, 1.82) is 0 Å². The van der Waals surface area contributed by atoms with Crippen LogP contribution in [0.25, 0.3) is 10.8 Å². The Labute approximate surface area is 148 Å². The topological polar surface area (TPSA) is 52.6 Å². The zero-order valence-corrected chi connectivity index (χ0v) is 14.7. The minimum atomic E-state index is -0.606. The molecule has 0 heterocycles. The van der Waals surface area contributed by atoms with Crippen molar-refractivity contribution in [2.75, 3.05) is 0 Å². The first kappa shape index (κ1) is 18.7. The van der Waals surface area contributed by atoms with Gasteiger partial charge in [-0.15, -0.1) is 0 Å². The highest BCUT2D eigenvalue weighted by Crippen LogP contribution is 2.20. The molecule has 4 nitrogen and oxygen atoms in total. The summed E-state index contributed by atoms with van der Waals surface area (Å²) >= 11 is 0. The monoisotopic (exact) mass is 340 g/mol. The molecule has 132 valence electrons. The summed E-state index contributed by atoms with van der Waals surface area (Å²) in [6.45, 7) is 3.98. The fourth-order valence-corrected chi connectivity index (χ4v) is 2.50. The second-order valence-corrected chi connectivity index (χ2v) is 6.01. The van der Waals surface area contributed by atoms with Crippen LogP contribution in [0.2, 0.25) is 0 Å². The summed E-state index contributed by atoms with van der Waals surface area (Å²) in [6, 6.07) is 13.2. The Bertz CT molecular complexity index is 748. The smallest absolute Gasteiger partial charge is 0.336 e. The van der Waals surface area contributed by atoms with Crippen LogP contribution < -0.4 is 4.74 Å². The van der Waals surface area contributed by atoms with E-state index in [0.717, 1.165) is 48.6 Å². The number of carbonyl (C=O) groups is 2. The van der Waals surface area contributed by atoms with Crippen molar-refractivity contribution in [1.82, 2.24) is 0 Å². The summed E-state index contributed by atoms with van der Waals surface area (Å²) in [4.78, 5) is 23.5. The van der Waals surface area contributed by atoms with Crippen molar-refractivity contribution in [3.63, 3.8) is 0 Å². The van der Waals surface area contributed by atoms with Gasteiger partial charge in [-0.3, -0.25) is 0 Å². The van der Waals surface area contributed by atoms with Crippen LogP contribution in [0.3, 0.4) is 0 Å². The number of rotatable bonds is 8. The number of ether oxygens (including phenoxy) is 2. The maximum Gasteiger partial charge on any atom is 0.336 e. The lowest BCUT2D eigenvalue weighted by Crippen LogP contribution is -2.13. The Morgan fingerprint density at radius 3 is 2.48 bits per heavy atom. The molecule has 0 amide bonds. The van der Waals surface area contributed by atoms with Crippen LogP contribution in [0.4, 0.5) is 0 Å². The van der Waals surface area contributed by atoms with Gasteiger partial charge in [-0.05, 0) is 42.7 Å². The Morgan fingerprint density at radius 1 is 1.00 bits per heavy atom. The van der Waals surface area contributed by atoms with E-state index in [4.69, 9.17) is 9.47 Å². The minimum Gasteiger partial charge on any atom is -0.460 e. The lowest BCUT2D eigenvalue weighted by atomic mass is 10.1. The van der Waals surface area contributed by atoms with Gasteiger partial charge >= 0.3 is 11.9 Å². The second kappa shape index (κ2) is 9.62. The van der Waals surface area contributed by atoms with Crippen LogP contribution in [0, 0.1) is 0 Å². The van der Waals surface area contributed by atoms with Crippen molar-refractivity contribution in [2.24, 2.45) is 0 Å². The van der Waals surface area contributed by atoms with Gasteiger partial charge in [-0.25, -0.2) is 9.59 Å². The quantitative estimate of drug-likeness (QED) is 0.299. The van der Waals surface area contributed by atoms with Crippen molar-refractivity contribution in [3.05, 3.63) is 54.6 Å². The molecule has 2 aromatic rings. The third kappa shape index (κ3) is 6.42. The Kier molecular flexibility index (Phi) is 7.20. The standard InChI is InChI=1S/C21H24O4/c1-3-4-5-8-16(2)24-20(22)13-14-21(23)25-19-12-11-17-9-6-7-10-18(17)15-19/h6-7,9-16H,3-5,8H2,1-2H3/b14-13+. The Balaban J connectivity index is 1.83. The fourth-order valence-electron chi connectivity index (χ4n) is 2.50. The zero-order valence-electron chi connectivity index (χ0n) is 14.7. The van der Waals surface area contributed by atoms with E-state index < -0.39 is 11.9 Å². The molecule has 0 saturated heterocycles. The first-order valence-electron chi connectivity index (χ1n) is 8.68. The summed E-state index contributed by atoms with van der Waals surface area (Å²) in [5.41, 5.74) is 0. The molecule has 4 heteroatoms. The van der Waals surface area contributed by atoms with E-state index in [1.165, 1.54) is 0 Å². The maximum absolute atomic E-state index is 11.8. The molecule has 0 spiro atoms. The van der Waals surface area contributed by atoms with Gasteiger partial charge in [0.05, 0.1) is 6.10 Å². The molecule has 0 aliphatic carbocycles. The summed E-state index contributed by atoms with van der Waals surface area (Å²) in [7, 11) is 0. The number of unbranched alkanes of at least 4 members (excludes halogenated alkanes) is 2. The van der Waals surface area contributed by atoms with Crippen LogP contribution >= 0.6 is 0 Å². The molecule has 0 aliphatic rings. The molecule has 0 bridgehead atoms. The molecule has 2 aromatic carbocycles. The lowest BCUT2D eigenvalue weighted by Gasteiger charge is -2.11. The number of esters is 2. The van der Waals surface area contributed by atoms with Crippen LogP contribution in [0.15, 0.2) is 54.6 Å². The van der Waals surface area contributed by atoms with Gasteiger partial charge in [0.1, 0.15) is 5.75 Å². The summed E-state index contributed by atoms with van der Waals surface area (Å²) < 4.78 is 10.4. The lowest BCUT2D eigenvalue weighted by molar-refractivity contribution is -0.143. The predicted octanol–water partition coefficient (Wildman–Crippen LogP) is 4.81. The number of fused-ring (bicyclic) bond motifs is 1. The summed E-state index contributed by atoms with van der Waals surface area (Å²) in [5.74, 6) is -0.694. The van der Waals surface area contributed by atoms with E-state index in [9.17, 15) is 9.59 Å². The van der Waals surface area contributed by atoms with Crippen molar-refractivity contribution in [2.45, 2.75) is 45.6 Å². The van der Waals surface area contributed by atoms with Gasteiger partial charge in [-0.2, -0.15) is 0 Å². The van der Waals surface area contributed by atoms with Crippen molar-refractivity contribution in [3.8, 4) is 5.75 Å². The molecule has 2 rings (SSSR count). The van der Waals surface area contributed by atoms with Gasteiger partial charge in [0.2, 0.25) is 0 Å². The molecular weight excluding hydrogens is 316 g/mol. The van der Waals surface area contributed by atoms with Crippen LogP contribution in [0.5, 0.6) is 5.75 Å². The van der Waals surface area contributed by atoms with Crippen molar-refractivity contribution < 1.29 is 19.1 Å². The van der Waals surface area contributed by atoms with E-state index in [1.54, 1.807) is 12.1 Å². The molecule has 0 radical (unpaired) electrons. The molecule has 0 N–H and O–H groups in total. The zero-order chi connectivity index (χ0) is 18.1. The number of benzene rings is 2. The third-order valence-electron chi connectivity index (χ3n) is 3.83. The van der Waals surface area contributed by atoms with E-state index in [-0.39, 0.29) is 6.10 Å². The highest BCUT2D eigenvalue weighted by molar-refractivity contribution is 5.93. The average molecular weight is 340 g/mol. The Morgan fingerprint density at radius 2 is 1.72 bits per heavy atom. The molecule has 1 atom stereocenters. The normalized spacial score (nSPS) is 12.2. The van der Waals surface area contributed by atoms with Gasteiger partial charge in [0, 0.05) is 12.2 Å². The van der Waals surface area contributed by atoms with E-state index >= 15 is 0 Å². The summed E-state index contributed by atoms with van der Waals surface area (Å²) in [5, 5.41) is 2.05. The molecular formula is C21H24O4. The second-order valence-electron chi connectivity index (χ2n) is 6.01. The van der Waals surface area contributed by atoms with Gasteiger partial charge < -0.3 is 9.47 Å². The maximum atomic E-state index is 11.8. The number of hydrogen-bond acceptors (Lipinski definition) is 4. The van der Waals surface area contributed by atoms with Gasteiger partial charge in [0.15, 0.2) is 0 Å². The van der Waals surface area contributed by atoms with E-state index in [2.05, 4.69) is 6.92 Å². The van der Waals surface area contributed by atoms with Crippen molar-refractivity contribution >= 4 is 22.7 Å². The highest BCUT2D eigenvalue weighted by Gasteiger charge is 2.08. The molecule has 1 unspecified atom stereocenters. The Hall–Kier alpha value is -2.62. The minimum absolute atomic E-state index is 0.153. The van der Waals surface area contributed by atoms with Crippen LogP contribution in [-0.2, 0) is 14.3 Å². The number of hydrogen-bond donors (Lipinski definition) is 0. The average Bonchev–Trinajstić information content (AvgIpc) is 2.60. The van der Waals surface area contributed by atoms with E-state index in [0.29, 0.717) is 5.75 Å². The SMILES string of the molecule is CCCCCC(C)OC(=O)/C=C/C(=O)Oc1ccc2ccccc2c1. The first-order valence-corrected chi connectivity index (χ1v) is 8.68. The van der Waals surface area contributed by atoms with Crippen LogP contribution in [-0.4, -0.2) is 18.0 Å². The molecule has 0 fully saturated rings. The first-order chi connectivity index (χ1) is 12.1. The summed E-state index contributed by atoms with van der Waals surface area (Å²) in [6.07, 6.45) is 6.15. The third-order valence-corrected chi connectivity index (χ3v) is 3.83. The largest absolute Gasteiger partial charge is 0.460 e. The molecule has 0 saturated carbocycles.